The van der Waals surface area contributed by atoms with Gasteiger partial charge in [-0.3, -0.25) is 4.79 Å². The fourth-order valence-electron chi connectivity index (χ4n) is 2.50. The Hall–Kier alpha value is -0.850. The highest BCUT2D eigenvalue weighted by atomic mass is 32.1. The van der Waals surface area contributed by atoms with E-state index in [4.69, 9.17) is 18.0 Å². The molecule has 1 rings (SSSR count). The lowest BCUT2D eigenvalue weighted by Gasteiger charge is -2.33. The van der Waals surface area contributed by atoms with Crippen LogP contribution in [0.25, 0.3) is 0 Å². The van der Waals surface area contributed by atoms with Gasteiger partial charge in [-0.1, -0.05) is 18.6 Å². The second-order valence-corrected chi connectivity index (χ2v) is 5.45. The van der Waals surface area contributed by atoms with Gasteiger partial charge in [-0.2, -0.15) is 13.2 Å². The van der Waals surface area contributed by atoms with Crippen molar-refractivity contribution >= 4 is 23.1 Å². The molecule has 0 aromatic rings. The summed E-state index contributed by atoms with van der Waals surface area (Å²) in [5.41, 5.74) is 5.39. The van der Waals surface area contributed by atoms with Gasteiger partial charge in [-0.05, 0) is 26.2 Å². The third kappa shape index (κ3) is 4.63. The van der Waals surface area contributed by atoms with Crippen molar-refractivity contribution in [3.63, 3.8) is 0 Å². The first-order valence-corrected chi connectivity index (χ1v) is 6.80. The molecule has 110 valence electrons. The summed E-state index contributed by atoms with van der Waals surface area (Å²) in [5, 5.41) is 0. The second-order valence-electron chi connectivity index (χ2n) is 4.92. The van der Waals surface area contributed by atoms with Gasteiger partial charge in [0.25, 0.3) is 0 Å². The fourth-order valence-corrected chi connectivity index (χ4v) is 2.66. The largest absolute Gasteiger partial charge is 0.392 e. The SMILES string of the molecule is CCN(CC(N)=S)C(=O)C1CCCC(C(F)(F)F)C1. The van der Waals surface area contributed by atoms with Crippen LogP contribution < -0.4 is 5.73 Å². The van der Waals surface area contributed by atoms with E-state index in [1.54, 1.807) is 6.92 Å². The first-order chi connectivity index (χ1) is 8.75. The Morgan fingerprint density at radius 1 is 1.42 bits per heavy atom. The minimum Gasteiger partial charge on any atom is -0.392 e. The Morgan fingerprint density at radius 3 is 2.53 bits per heavy atom. The highest BCUT2D eigenvalue weighted by Gasteiger charge is 2.44. The van der Waals surface area contributed by atoms with Crippen LogP contribution in [0.4, 0.5) is 13.2 Å². The summed E-state index contributed by atoms with van der Waals surface area (Å²) in [6.07, 6.45) is -3.26. The molecule has 0 spiro atoms. The molecule has 2 N–H and O–H groups in total. The van der Waals surface area contributed by atoms with Gasteiger partial charge in [0, 0.05) is 12.5 Å². The first kappa shape index (κ1) is 16.2. The number of carbonyl (C=O) groups excluding carboxylic acids is 1. The third-order valence-electron chi connectivity index (χ3n) is 3.53. The fraction of sp³-hybridized carbons (Fsp3) is 0.833. The molecule has 19 heavy (non-hydrogen) atoms. The number of hydrogen-bond acceptors (Lipinski definition) is 2. The summed E-state index contributed by atoms with van der Waals surface area (Å²) in [6.45, 7) is 2.31. The summed E-state index contributed by atoms with van der Waals surface area (Å²) in [6, 6.07) is 0. The number of hydrogen-bond donors (Lipinski definition) is 1. The van der Waals surface area contributed by atoms with Gasteiger partial charge in [0.15, 0.2) is 0 Å². The molecule has 0 radical (unpaired) electrons. The van der Waals surface area contributed by atoms with Gasteiger partial charge < -0.3 is 10.6 Å². The first-order valence-electron chi connectivity index (χ1n) is 6.39. The van der Waals surface area contributed by atoms with E-state index in [2.05, 4.69) is 0 Å². The molecule has 0 saturated heterocycles. The quantitative estimate of drug-likeness (QED) is 0.811. The molecular weight excluding hydrogens is 277 g/mol. The summed E-state index contributed by atoms with van der Waals surface area (Å²) in [5.74, 6) is -2.18. The van der Waals surface area contributed by atoms with Crippen LogP contribution in [-0.4, -0.2) is 35.1 Å². The monoisotopic (exact) mass is 296 g/mol. The molecule has 3 nitrogen and oxygen atoms in total. The molecule has 1 fully saturated rings. The predicted octanol–water partition coefficient (Wildman–Crippen LogP) is 2.49. The minimum atomic E-state index is -4.21. The van der Waals surface area contributed by atoms with E-state index in [1.165, 1.54) is 4.90 Å². The van der Waals surface area contributed by atoms with E-state index in [9.17, 15) is 18.0 Å². The smallest absolute Gasteiger partial charge is 0.391 e. The molecule has 2 unspecified atom stereocenters. The van der Waals surface area contributed by atoms with Crippen molar-refractivity contribution in [2.24, 2.45) is 17.6 Å². The zero-order valence-electron chi connectivity index (χ0n) is 10.9. The number of alkyl halides is 3. The van der Waals surface area contributed by atoms with Crippen LogP contribution in [0.15, 0.2) is 0 Å². The zero-order valence-corrected chi connectivity index (χ0v) is 11.7. The summed E-state index contributed by atoms with van der Waals surface area (Å²) in [4.78, 5) is 13.8. The van der Waals surface area contributed by atoms with Gasteiger partial charge >= 0.3 is 6.18 Å². The van der Waals surface area contributed by atoms with Crippen LogP contribution in [0.1, 0.15) is 32.6 Å². The Kier molecular flexibility index (Phi) is 5.58. The van der Waals surface area contributed by atoms with Crippen molar-refractivity contribution in [3.8, 4) is 0 Å². The number of amides is 1. The van der Waals surface area contributed by atoms with Crippen LogP contribution in [0.2, 0.25) is 0 Å². The molecular formula is C12H19F3N2OS. The van der Waals surface area contributed by atoms with Crippen LogP contribution in [0.5, 0.6) is 0 Å². The number of thiocarbonyl (C=S) groups is 1. The van der Waals surface area contributed by atoms with Gasteiger partial charge in [-0.25, -0.2) is 0 Å². The zero-order chi connectivity index (χ0) is 14.6. The lowest BCUT2D eigenvalue weighted by atomic mass is 9.80. The molecule has 0 heterocycles. The number of nitrogens with zero attached hydrogens (tertiary/aromatic N) is 1. The van der Waals surface area contributed by atoms with Crippen LogP contribution in [0, 0.1) is 11.8 Å². The van der Waals surface area contributed by atoms with Crippen molar-refractivity contribution < 1.29 is 18.0 Å². The second kappa shape index (κ2) is 6.54. The van der Waals surface area contributed by atoms with E-state index in [1.807, 2.05) is 0 Å². The number of carbonyl (C=O) groups is 1. The number of nitrogens with two attached hydrogens (primary N) is 1. The van der Waals surface area contributed by atoms with E-state index in [0.717, 1.165) is 0 Å². The molecule has 7 heteroatoms. The predicted molar refractivity (Wildman–Crippen MR) is 70.5 cm³/mol. The van der Waals surface area contributed by atoms with Crippen molar-refractivity contribution in [1.82, 2.24) is 4.90 Å². The normalized spacial score (nSPS) is 24.0. The number of likely N-dealkylation sites (N-methyl/N-ethyl adjacent to an activating group) is 1. The summed E-state index contributed by atoms with van der Waals surface area (Å²) < 4.78 is 38.1. The van der Waals surface area contributed by atoms with Gasteiger partial charge in [0.1, 0.15) is 0 Å². The van der Waals surface area contributed by atoms with Crippen molar-refractivity contribution in [3.05, 3.63) is 0 Å². The van der Waals surface area contributed by atoms with Crippen LogP contribution in [0.3, 0.4) is 0 Å². The standard InChI is InChI=1S/C12H19F3N2OS/c1-2-17(7-10(16)19)11(18)8-4-3-5-9(6-8)12(13,14)15/h8-9H,2-7H2,1H3,(H2,16,19). The van der Waals surface area contributed by atoms with Crippen molar-refractivity contribution in [1.29, 1.82) is 0 Å². The molecule has 1 amide bonds. The molecule has 1 aliphatic rings. The molecule has 0 aromatic heterocycles. The maximum Gasteiger partial charge on any atom is 0.391 e. The van der Waals surface area contributed by atoms with Crippen LogP contribution >= 0.6 is 12.2 Å². The molecule has 0 aliphatic heterocycles. The Balaban J connectivity index is 2.68. The number of halogens is 3. The van der Waals surface area contributed by atoms with Gasteiger partial charge in [0.2, 0.25) is 5.91 Å². The van der Waals surface area contributed by atoms with E-state index in [0.29, 0.717) is 19.4 Å². The highest BCUT2D eigenvalue weighted by molar-refractivity contribution is 7.80. The van der Waals surface area contributed by atoms with Gasteiger partial charge in [-0.15, -0.1) is 0 Å². The lowest BCUT2D eigenvalue weighted by molar-refractivity contribution is -0.187. The van der Waals surface area contributed by atoms with Crippen molar-refractivity contribution in [2.45, 2.75) is 38.8 Å². The summed E-state index contributed by atoms with van der Waals surface area (Å²) >= 11 is 4.75. The molecule has 1 saturated carbocycles. The van der Waals surface area contributed by atoms with E-state index >= 15 is 0 Å². The lowest BCUT2D eigenvalue weighted by Crippen LogP contribution is -2.43. The van der Waals surface area contributed by atoms with Crippen LogP contribution in [-0.2, 0) is 4.79 Å². The molecule has 1 aliphatic carbocycles. The summed E-state index contributed by atoms with van der Waals surface area (Å²) in [7, 11) is 0. The highest BCUT2D eigenvalue weighted by Crippen LogP contribution is 2.40. The Bertz CT molecular complexity index is 346. The topological polar surface area (TPSA) is 46.3 Å². The number of rotatable bonds is 4. The average molecular weight is 296 g/mol. The molecule has 2 atom stereocenters. The average Bonchev–Trinajstić information content (AvgIpc) is 2.34. The Labute approximate surface area is 116 Å². The van der Waals surface area contributed by atoms with Crippen molar-refractivity contribution in [2.75, 3.05) is 13.1 Å². The maximum atomic E-state index is 12.7. The Morgan fingerprint density at radius 2 is 2.05 bits per heavy atom. The van der Waals surface area contributed by atoms with E-state index < -0.39 is 18.0 Å². The molecule has 0 bridgehead atoms. The maximum absolute atomic E-state index is 12.7. The third-order valence-corrected chi connectivity index (χ3v) is 3.66. The van der Waals surface area contributed by atoms with Gasteiger partial charge in [0.05, 0.1) is 17.5 Å². The van der Waals surface area contributed by atoms with E-state index in [-0.39, 0.29) is 30.3 Å². The molecule has 0 aromatic carbocycles. The minimum absolute atomic E-state index is 0.115.